The number of anilines is 1. The van der Waals surface area contributed by atoms with Gasteiger partial charge in [-0.1, -0.05) is 19.3 Å². The highest BCUT2D eigenvalue weighted by atomic mass is 32.2. The maximum atomic E-state index is 13.5. The number of carbonyl (C=O) groups is 1. The molecule has 3 rings (SSSR count). The van der Waals surface area contributed by atoms with Crippen molar-refractivity contribution in [1.82, 2.24) is 4.98 Å². The lowest BCUT2D eigenvalue weighted by molar-refractivity contribution is 0.154. The van der Waals surface area contributed by atoms with Gasteiger partial charge in [-0.3, -0.25) is 4.72 Å². The fraction of sp³-hybridized carbons (Fsp3) is 0.348. The first-order valence-electron chi connectivity index (χ1n) is 10.8. The van der Waals surface area contributed by atoms with E-state index in [1.54, 1.807) is 24.3 Å². The number of amides is 1. The van der Waals surface area contributed by atoms with Crippen LogP contribution in [0.2, 0.25) is 0 Å². The quantitative estimate of drug-likeness (QED) is 0.308. The molecule has 0 bridgehead atoms. The second-order valence-electron chi connectivity index (χ2n) is 7.81. The van der Waals surface area contributed by atoms with E-state index < -0.39 is 27.8 Å². The lowest BCUT2D eigenvalue weighted by Gasteiger charge is -2.13. The van der Waals surface area contributed by atoms with Gasteiger partial charge in [-0.15, -0.1) is 0 Å². The summed E-state index contributed by atoms with van der Waals surface area (Å²) in [6, 6.07) is 8.78. The van der Waals surface area contributed by atoms with E-state index in [-0.39, 0.29) is 18.0 Å². The SMILES string of the molecule is COc1ccc(-c2cc3cc(F)c(F)cc3[nH]2)cc1NS(=O)(=O)CCCCCCCOC(N)=O. The van der Waals surface area contributed by atoms with Gasteiger partial charge >= 0.3 is 6.09 Å². The molecule has 34 heavy (non-hydrogen) atoms. The molecule has 1 aromatic heterocycles. The molecule has 2 aromatic carbocycles. The Morgan fingerprint density at radius 2 is 1.74 bits per heavy atom. The van der Waals surface area contributed by atoms with Crippen molar-refractivity contribution in [2.24, 2.45) is 5.73 Å². The molecule has 0 aliphatic heterocycles. The highest BCUT2D eigenvalue weighted by Crippen LogP contribution is 2.33. The van der Waals surface area contributed by atoms with Crippen LogP contribution in [-0.2, 0) is 14.8 Å². The Morgan fingerprint density at radius 1 is 1.03 bits per heavy atom. The van der Waals surface area contributed by atoms with Crippen LogP contribution < -0.4 is 15.2 Å². The number of fused-ring (bicyclic) bond motifs is 1. The van der Waals surface area contributed by atoms with Crippen molar-refractivity contribution in [1.29, 1.82) is 0 Å². The van der Waals surface area contributed by atoms with Gasteiger partial charge in [0.1, 0.15) is 5.75 Å². The number of sulfonamides is 1. The van der Waals surface area contributed by atoms with Gasteiger partial charge in [0.25, 0.3) is 0 Å². The third-order valence-electron chi connectivity index (χ3n) is 5.24. The minimum Gasteiger partial charge on any atom is -0.495 e. The van der Waals surface area contributed by atoms with Gasteiger partial charge in [0.15, 0.2) is 11.6 Å². The van der Waals surface area contributed by atoms with Gasteiger partial charge in [0.05, 0.1) is 25.2 Å². The number of aromatic amines is 1. The van der Waals surface area contributed by atoms with Crippen molar-refractivity contribution >= 4 is 32.7 Å². The molecule has 0 saturated carbocycles. The average Bonchev–Trinajstić information content (AvgIpc) is 3.18. The van der Waals surface area contributed by atoms with Gasteiger partial charge in [-0.2, -0.15) is 0 Å². The third-order valence-corrected chi connectivity index (χ3v) is 6.60. The number of carbonyl (C=O) groups excluding carboxylic acids is 1. The predicted molar refractivity (Wildman–Crippen MR) is 126 cm³/mol. The Kier molecular flexibility index (Phi) is 8.32. The number of hydrogen-bond donors (Lipinski definition) is 3. The zero-order chi connectivity index (χ0) is 24.7. The summed E-state index contributed by atoms with van der Waals surface area (Å²) >= 11 is 0. The summed E-state index contributed by atoms with van der Waals surface area (Å²) in [4.78, 5) is 13.5. The standard InChI is InChI=1S/C23H27F2N3O5S/c1-32-22-8-7-15(19-13-16-11-17(24)18(25)14-20(16)27-19)12-21(22)28-34(30,31)10-6-4-2-3-5-9-33-23(26)29/h7-8,11-14,27-28H,2-6,9-10H2,1H3,(H2,26,29). The van der Waals surface area contributed by atoms with Crippen LogP contribution in [0, 0.1) is 11.6 Å². The molecule has 0 aliphatic rings. The molecule has 0 atom stereocenters. The van der Waals surface area contributed by atoms with Crippen LogP contribution in [-0.4, -0.2) is 39.0 Å². The molecule has 4 N–H and O–H groups in total. The highest BCUT2D eigenvalue weighted by Gasteiger charge is 2.16. The van der Waals surface area contributed by atoms with Crippen molar-refractivity contribution in [3.63, 3.8) is 0 Å². The molecule has 3 aromatic rings. The molecule has 0 spiro atoms. The normalized spacial score (nSPS) is 11.5. The van der Waals surface area contributed by atoms with Crippen LogP contribution in [0.3, 0.4) is 0 Å². The van der Waals surface area contributed by atoms with E-state index in [0.717, 1.165) is 25.0 Å². The molecule has 0 radical (unpaired) electrons. The fourth-order valence-electron chi connectivity index (χ4n) is 3.55. The van der Waals surface area contributed by atoms with E-state index in [0.29, 0.717) is 47.2 Å². The summed E-state index contributed by atoms with van der Waals surface area (Å²) in [5.74, 6) is -1.62. The number of nitrogens with two attached hydrogens (primary N) is 1. The van der Waals surface area contributed by atoms with Crippen LogP contribution in [0.25, 0.3) is 22.2 Å². The first-order valence-corrected chi connectivity index (χ1v) is 12.4. The van der Waals surface area contributed by atoms with E-state index in [1.807, 2.05) is 0 Å². The summed E-state index contributed by atoms with van der Waals surface area (Å²) in [5, 5.41) is 0.494. The molecule has 0 unspecified atom stereocenters. The van der Waals surface area contributed by atoms with Gasteiger partial charge in [-0.05, 0) is 43.2 Å². The minimum atomic E-state index is -3.64. The summed E-state index contributed by atoms with van der Waals surface area (Å²) < 4.78 is 64.8. The van der Waals surface area contributed by atoms with Crippen LogP contribution in [0.15, 0.2) is 36.4 Å². The van der Waals surface area contributed by atoms with E-state index in [1.165, 1.54) is 7.11 Å². The highest BCUT2D eigenvalue weighted by molar-refractivity contribution is 7.92. The number of rotatable bonds is 12. The molecule has 0 fully saturated rings. The number of aromatic nitrogens is 1. The number of hydrogen-bond acceptors (Lipinski definition) is 5. The number of unbranched alkanes of at least 4 members (excludes halogenated alkanes) is 4. The van der Waals surface area contributed by atoms with Gasteiger partial charge < -0.3 is 20.2 Å². The number of benzene rings is 2. The molecular weight excluding hydrogens is 468 g/mol. The summed E-state index contributed by atoms with van der Waals surface area (Å²) in [6.07, 6.45) is 2.64. The van der Waals surface area contributed by atoms with Gasteiger partial charge in [0.2, 0.25) is 10.0 Å². The Bertz CT molecular complexity index is 1220. The number of ether oxygens (including phenoxy) is 2. The van der Waals surface area contributed by atoms with Crippen molar-refractivity contribution in [2.45, 2.75) is 32.1 Å². The first kappa shape index (κ1) is 25.3. The van der Waals surface area contributed by atoms with Crippen molar-refractivity contribution in [2.75, 3.05) is 24.2 Å². The monoisotopic (exact) mass is 495 g/mol. The van der Waals surface area contributed by atoms with Crippen LogP contribution in [0.1, 0.15) is 32.1 Å². The smallest absolute Gasteiger partial charge is 0.404 e. The topological polar surface area (TPSA) is 124 Å². The lowest BCUT2D eigenvalue weighted by atomic mass is 10.1. The zero-order valence-corrected chi connectivity index (χ0v) is 19.5. The summed E-state index contributed by atoms with van der Waals surface area (Å²) in [7, 11) is -2.20. The Labute approximate surface area is 196 Å². The first-order chi connectivity index (χ1) is 16.2. The van der Waals surface area contributed by atoms with E-state index in [9.17, 15) is 22.0 Å². The van der Waals surface area contributed by atoms with Crippen LogP contribution in [0.4, 0.5) is 19.3 Å². The molecule has 184 valence electrons. The number of H-pyrrole nitrogens is 1. The molecule has 1 heterocycles. The lowest BCUT2D eigenvalue weighted by Crippen LogP contribution is -2.17. The van der Waals surface area contributed by atoms with Gasteiger partial charge in [0, 0.05) is 28.2 Å². The second-order valence-corrected chi connectivity index (χ2v) is 9.65. The molecule has 8 nitrogen and oxygen atoms in total. The molecule has 11 heteroatoms. The number of halogens is 2. The van der Waals surface area contributed by atoms with E-state index in [2.05, 4.69) is 14.4 Å². The largest absolute Gasteiger partial charge is 0.495 e. The zero-order valence-electron chi connectivity index (χ0n) is 18.7. The van der Waals surface area contributed by atoms with E-state index >= 15 is 0 Å². The van der Waals surface area contributed by atoms with Crippen molar-refractivity contribution in [3.05, 3.63) is 48.0 Å². The Hall–Kier alpha value is -3.34. The Morgan fingerprint density at radius 3 is 2.47 bits per heavy atom. The van der Waals surface area contributed by atoms with Gasteiger partial charge in [-0.25, -0.2) is 22.0 Å². The maximum Gasteiger partial charge on any atom is 0.404 e. The van der Waals surface area contributed by atoms with E-state index in [4.69, 9.17) is 10.5 Å². The third kappa shape index (κ3) is 6.83. The molecular formula is C23H27F2N3O5S. The predicted octanol–water partition coefficient (Wildman–Crippen LogP) is 4.91. The molecule has 1 amide bonds. The van der Waals surface area contributed by atoms with Crippen molar-refractivity contribution in [3.8, 4) is 17.0 Å². The average molecular weight is 496 g/mol. The molecule has 0 aliphatic carbocycles. The summed E-state index contributed by atoms with van der Waals surface area (Å²) in [5.41, 5.74) is 6.76. The fourth-order valence-corrected chi connectivity index (χ4v) is 4.73. The number of methoxy groups -OCH3 is 1. The Balaban J connectivity index is 1.63. The van der Waals surface area contributed by atoms with Crippen LogP contribution in [0.5, 0.6) is 5.75 Å². The molecule has 0 saturated heterocycles. The van der Waals surface area contributed by atoms with Crippen molar-refractivity contribution < 1.29 is 31.5 Å². The second kappa shape index (κ2) is 11.2. The summed E-state index contributed by atoms with van der Waals surface area (Å²) in [6.45, 7) is 0.256. The van der Waals surface area contributed by atoms with Crippen LogP contribution >= 0.6 is 0 Å². The number of primary amides is 1. The maximum absolute atomic E-state index is 13.5. The minimum absolute atomic E-state index is 0.0664. The number of nitrogens with one attached hydrogen (secondary N) is 2.